The zero-order chi connectivity index (χ0) is 17.8. The molecule has 5 nitrogen and oxygen atoms in total. The number of aryl methyl sites for hydroxylation is 1. The van der Waals surface area contributed by atoms with Crippen molar-refractivity contribution < 1.29 is 9.18 Å². The van der Waals surface area contributed by atoms with Gasteiger partial charge in [-0.15, -0.1) is 0 Å². The molecule has 1 saturated heterocycles. The van der Waals surface area contributed by atoms with E-state index in [1.54, 1.807) is 0 Å². The number of amides is 1. The molecule has 2 heterocycles. The highest BCUT2D eigenvalue weighted by molar-refractivity contribution is 5.94. The van der Waals surface area contributed by atoms with Crippen LogP contribution >= 0.6 is 0 Å². The van der Waals surface area contributed by atoms with Gasteiger partial charge < -0.3 is 14.8 Å². The number of hydrogen-bond acceptors (Lipinski definition) is 3. The first-order valence-corrected chi connectivity index (χ1v) is 8.62. The predicted molar refractivity (Wildman–Crippen MR) is 96.0 cm³/mol. The van der Waals surface area contributed by atoms with Crippen molar-refractivity contribution >= 4 is 5.91 Å². The van der Waals surface area contributed by atoms with Crippen molar-refractivity contribution in [3.8, 4) is 0 Å². The molecule has 1 aromatic carbocycles. The van der Waals surface area contributed by atoms with Gasteiger partial charge in [0.1, 0.15) is 5.82 Å². The summed E-state index contributed by atoms with van der Waals surface area (Å²) in [5, 5.41) is 3.01. The molecule has 3 rings (SSSR count). The second-order valence-electron chi connectivity index (χ2n) is 6.62. The average Bonchev–Trinajstić information content (AvgIpc) is 3.03. The number of piperazine rings is 1. The van der Waals surface area contributed by atoms with E-state index in [1.165, 1.54) is 30.0 Å². The number of benzene rings is 1. The number of hydrogen-bond donors (Lipinski definition) is 1. The first kappa shape index (κ1) is 17.6. The van der Waals surface area contributed by atoms with E-state index in [2.05, 4.69) is 32.8 Å². The summed E-state index contributed by atoms with van der Waals surface area (Å²) in [6.45, 7) is 4.51. The lowest BCUT2D eigenvalue weighted by Gasteiger charge is -2.38. The van der Waals surface area contributed by atoms with Crippen LogP contribution in [0.4, 0.5) is 4.39 Å². The Bertz CT molecular complexity index is 704. The zero-order valence-electron chi connectivity index (χ0n) is 14.8. The molecule has 0 aliphatic carbocycles. The monoisotopic (exact) mass is 344 g/mol. The van der Waals surface area contributed by atoms with Gasteiger partial charge in [0.15, 0.2) is 0 Å². The minimum Gasteiger partial charge on any atom is -0.353 e. The third kappa shape index (κ3) is 4.27. The van der Waals surface area contributed by atoms with Gasteiger partial charge in [-0.25, -0.2) is 4.39 Å². The molecular weight excluding hydrogens is 319 g/mol. The summed E-state index contributed by atoms with van der Waals surface area (Å²) in [5.41, 5.74) is 1.66. The Morgan fingerprint density at radius 2 is 1.80 bits per heavy atom. The van der Waals surface area contributed by atoms with Gasteiger partial charge in [0, 0.05) is 57.2 Å². The number of carbonyl (C=O) groups excluding carboxylic acids is 1. The van der Waals surface area contributed by atoms with E-state index in [0.717, 1.165) is 26.2 Å². The largest absolute Gasteiger partial charge is 0.353 e. The Labute approximate surface area is 148 Å². The molecule has 2 aromatic rings. The van der Waals surface area contributed by atoms with Crippen LogP contribution in [-0.4, -0.2) is 60.0 Å². The number of halogens is 1. The number of aromatic nitrogens is 1. The maximum atomic E-state index is 13.0. The van der Waals surface area contributed by atoms with Gasteiger partial charge in [-0.1, -0.05) is 0 Å². The standard InChI is InChI=1S/C19H25FN4O/c1-22-10-12-24(13-11-22)18(17-4-3-9-23(17)2)14-21-19(25)15-5-7-16(20)8-6-15/h3-9,18H,10-14H2,1-2H3,(H,21,25). The van der Waals surface area contributed by atoms with Crippen LogP contribution < -0.4 is 5.32 Å². The highest BCUT2D eigenvalue weighted by atomic mass is 19.1. The fourth-order valence-corrected chi connectivity index (χ4v) is 3.27. The van der Waals surface area contributed by atoms with E-state index in [9.17, 15) is 9.18 Å². The topological polar surface area (TPSA) is 40.5 Å². The lowest BCUT2D eigenvalue weighted by atomic mass is 10.1. The summed E-state index contributed by atoms with van der Waals surface area (Å²) in [4.78, 5) is 17.1. The molecule has 25 heavy (non-hydrogen) atoms. The lowest BCUT2D eigenvalue weighted by Crippen LogP contribution is -2.48. The first-order chi connectivity index (χ1) is 12.0. The summed E-state index contributed by atoms with van der Waals surface area (Å²) in [7, 11) is 4.16. The van der Waals surface area contributed by atoms with Crippen LogP contribution in [-0.2, 0) is 7.05 Å². The molecule has 1 N–H and O–H groups in total. The van der Waals surface area contributed by atoms with Crippen molar-refractivity contribution in [3.05, 3.63) is 59.7 Å². The van der Waals surface area contributed by atoms with Gasteiger partial charge in [0.25, 0.3) is 5.91 Å². The third-order valence-corrected chi connectivity index (χ3v) is 4.87. The Morgan fingerprint density at radius 1 is 1.12 bits per heavy atom. The molecular formula is C19H25FN4O. The second-order valence-corrected chi connectivity index (χ2v) is 6.62. The fourth-order valence-electron chi connectivity index (χ4n) is 3.27. The zero-order valence-corrected chi connectivity index (χ0v) is 14.8. The minimum atomic E-state index is -0.337. The molecule has 0 spiro atoms. The Morgan fingerprint density at radius 3 is 2.40 bits per heavy atom. The second kappa shape index (κ2) is 7.80. The van der Waals surface area contributed by atoms with Crippen LogP contribution in [0.2, 0.25) is 0 Å². The van der Waals surface area contributed by atoms with Gasteiger partial charge in [-0.05, 0) is 43.4 Å². The van der Waals surface area contributed by atoms with Crippen LogP contribution in [0, 0.1) is 5.82 Å². The van der Waals surface area contributed by atoms with Crippen molar-refractivity contribution in [1.29, 1.82) is 0 Å². The quantitative estimate of drug-likeness (QED) is 0.900. The molecule has 1 amide bonds. The van der Waals surface area contributed by atoms with Gasteiger partial charge in [-0.3, -0.25) is 9.69 Å². The fraction of sp³-hybridized carbons (Fsp3) is 0.421. The summed E-state index contributed by atoms with van der Waals surface area (Å²) in [5.74, 6) is -0.510. The van der Waals surface area contributed by atoms with Crippen LogP contribution in [0.1, 0.15) is 22.1 Å². The normalized spacial score (nSPS) is 17.4. The summed E-state index contributed by atoms with van der Waals surface area (Å²) >= 11 is 0. The van der Waals surface area contributed by atoms with E-state index in [4.69, 9.17) is 0 Å². The van der Waals surface area contributed by atoms with Crippen molar-refractivity contribution in [2.75, 3.05) is 39.8 Å². The number of nitrogens with one attached hydrogen (secondary N) is 1. The average molecular weight is 344 g/mol. The van der Waals surface area contributed by atoms with Gasteiger partial charge in [-0.2, -0.15) is 0 Å². The number of carbonyl (C=O) groups is 1. The molecule has 0 bridgehead atoms. The molecule has 0 radical (unpaired) electrons. The van der Waals surface area contributed by atoms with Crippen molar-refractivity contribution in [1.82, 2.24) is 19.7 Å². The van der Waals surface area contributed by atoms with E-state index >= 15 is 0 Å². The number of likely N-dealkylation sites (N-methyl/N-ethyl adjacent to an activating group) is 1. The molecule has 1 unspecified atom stereocenters. The molecule has 134 valence electrons. The highest BCUT2D eigenvalue weighted by Gasteiger charge is 2.26. The van der Waals surface area contributed by atoms with Crippen LogP contribution in [0.25, 0.3) is 0 Å². The summed E-state index contributed by atoms with van der Waals surface area (Å²) in [6, 6.07) is 9.90. The van der Waals surface area contributed by atoms with Crippen molar-refractivity contribution in [2.24, 2.45) is 7.05 Å². The van der Waals surface area contributed by atoms with Gasteiger partial charge in [0.05, 0.1) is 6.04 Å². The maximum Gasteiger partial charge on any atom is 0.251 e. The third-order valence-electron chi connectivity index (χ3n) is 4.87. The molecule has 1 atom stereocenters. The molecule has 1 aliphatic heterocycles. The van der Waals surface area contributed by atoms with Crippen LogP contribution in [0.15, 0.2) is 42.6 Å². The van der Waals surface area contributed by atoms with Crippen LogP contribution in [0.5, 0.6) is 0 Å². The Hall–Kier alpha value is -2.18. The molecule has 1 aromatic heterocycles. The highest BCUT2D eigenvalue weighted by Crippen LogP contribution is 2.22. The lowest BCUT2D eigenvalue weighted by molar-refractivity contribution is 0.0877. The Kier molecular flexibility index (Phi) is 5.50. The smallest absolute Gasteiger partial charge is 0.251 e. The van der Waals surface area contributed by atoms with Gasteiger partial charge >= 0.3 is 0 Å². The van der Waals surface area contributed by atoms with Gasteiger partial charge in [0.2, 0.25) is 0 Å². The SMILES string of the molecule is CN1CCN(C(CNC(=O)c2ccc(F)cc2)c2cccn2C)CC1. The van der Waals surface area contributed by atoms with E-state index in [-0.39, 0.29) is 17.8 Å². The molecule has 6 heteroatoms. The van der Waals surface area contributed by atoms with Crippen LogP contribution in [0.3, 0.4) is 0 Å². The number of rotatable bonds is 5. The number of nitrogens with zero attached hydrogens (tertiary/aromatic N) is 3. The van der Waals surface area contributed by atoms with E-state index in [1.807, 2.05) is 19.3 Å². The molecule has 1 aliphatic rings. The minimum absolute atomic E-state index is 0.123. The maximum absolute atomic E-state index is 13.0. The predicted octanol–water partition coefficient (Wildman–Crippen LogP) is 1.88. The Balaban J connectivity index is 1.70. The first-order valence-electron chi connectivity index (χ1n) is 8.62. The van der Waals surface area contributed by atoms with Crippen molar-refractivity contribution in [2.45, 2.75) is 6.04 Å². The summed E-state index contributed by atoms with van der Waals surface area (Å²) < 4.78 is 15.1. The van der Waals surface area contributed by atoms with Crippen molar-refractivity contribution in [3.63, 3.8) is 0 Å². The summed E-state index contributed by atoms with van der Waals surface area (Å²) in [6.07, 6.45) is 2.03. The van der Waals surface area contributed by atoms with E-state index in [0.29, 0.717) is 12.1 Å². The van der Waals surface area contributed by atoms with E-state index < -0.39 is 0 Å². The molecule has 1 fully saturated rings. The molecule has 0 saturated carbocycles.